The minimum atomic E-state index is -0.704. The number of halogens is 4. The predicted octanol–water partition coefficient (Wildman–Crippen LogP) is 10.0. The molecule has 0 aliphatic carbocycles. The van der Waals surface area contributed by atoms with Crippen LogP contribution in [-0.4, -0.2) is 9.97 Å². The molecule has 0 unspecified atom stereocenters. The molecule has 0 spiro atoms. The monoisotopic (exact) mass is 556 g/mol. The number of hydrogen-bond acceptors (Lipinski definition) is 2. The number of rotatable bonds is 4. The molecule has 0 amide bonds. The zero-order chi connectivity index (χ0) is 28.8. The standard InChI is InChI=1S/C36H20F4N2/c37-25-13-23(14-26(38)17-25)33-20-31(22-9-5-2-6-10-22)35-32(41-33)12-11-29-30(21-7-3-1-4-8-21)19-34(42-36(29)35)24-15-27(39)18-28(40)16-24/h1-20H. The van der Waals surface area contributed by atoms with Gasteiger partial charge in [-0.15, -0.1) is 0 Å². The number of pyridine rings is 2. The molecule has 2 nitrogen and oxygen atoms in total. The molecule has 0 saturated heterocycles. The lowest BCUT2D eigenvalue weighted by Crippen LogP contribution is -1.96. The second-order valence-corrected chi connectivity index (χ2v) is 10.0. The molecule has 202 valence electrons. The maximum atomic E-state index is 14.3. The normalized spacial score (nSPS) is 11.3. The number of fused-ring (bicyclic) bond motifs is 3. The Morgan fingerprint density at radius 1 is 0.405 bits per heavy atom. The van der Waals surface area contributed by atoms with Crippen molar-refractivity contribution in [2.24, 2.45) is 0 Å². The number of benzene rings is 5. The summed E-state index contributed by atoms with van der Waals surface area (Å²) in [6.07, 6.45) is 0. The Labute approximate surface area is 238 Å². The van der Waals surface area contributed by atoms with Gasteiger partial charge in [0.05, 0.1) is 22.4 Å². The minimum absolute atomic E-state index is 0.296. The molecule has 0 aliphatic rings. The molecule has 0 atom stereocenters. The molecule has 0 bridgehead atoms. The summed E-state index contributed by atoms with van der Waals surface area (Å²) in [4.78, 5) is 9.77. The van der Waals surface area contributed by atoms with Crippen LogP contribution in [0, 0.1) is 23.3 Å². The quantitative estimate of drug-likeness (QED) is 0.159. The van der Waals surface area contributed by atoms with Crippen LogP contribution in [-0.2, 0) is 0 Å². The van der Waals surface area contributed by atoms with Crippen LogP contribution < -0.4 is 0 Å². The third kappa shape index (κ3) is 4.67. The lowest BCUT2D eigenvalue weighted by molar-refractivity contribution is 0.583. The maximum absolute atomic E-state index is 14.3. The minimum Gasteiger partial charge on any atom is -0.248 e. The highest BCUT2D eigenvalue weighted by atomic mass is 19.1. The predicted molar refractivity (Wildman–Crippen MR) is 159 cm³/mol. The van der Waals surface area contributed by atoms with E-state index in [2.05, 4.69) is 0 Å². The van der Waals surface area contributed by atoms with E-state index >= 15 is 0 Å². The van der Waals surface area contributed by atoms with Gasteiger partial charge in [-0.25, -0.2) is 27.5 Å². The smallest absolute Gasteiger partial charge is 0.126 e. The van der Waals surface area contributed by atoms with Crippen molar-refractivity contribution in [1.29, 1.82) is 0 Å². The fourth-order valence-corrected chi connectivity index (χ4v) is 5.41. The largest absolute Gasteiger partial charge is 0.248 e. The Hall–Kier alpha value is -5.36. The summed E-state index contributed by atoms with van der Waals surface area (Å²) in [5, 5.41) is 1.52. The molecule has 0 fully saturated rings. The lowest BCUT2D eigenvalue weighted by Gasteiger charge is -2.16. The first-order valence-electron chi connectivity index (χ1n) is 13.3. The van der Waals surface area contributed by atoms with E-state index in [1.165, 1.54) is 24.3 Å². The van der Waals surface area contributed by atoms with E-state index in [1.807, 2.05) is 78.9 Å². The average Bonchev–Trinajstić information content (AvgIpc) is 2.99. The molecule has 0 aliphatic heterocycles. The number of aromatic nitrogens is 2. The number of hydrogen-bond donors (Lipinski definition) is 0. The van der Waals surface area contributed by atoms with Crippen LogP contribution in [0.2, 0.25) is 0 Å². The van der Waals surface area contributed by atoms with E-state index in [1.54, 1.807) is 6.07 Å². The van der Waals surface area contributed by atoms with E-state index in [0.29, 0.717) is 38.9 Å². The van der Waals surface area contributed by atoms with Crippen LogP contribution in [0.1, 0.15) is 0 Å². The Kier molecular flexibility index (Phi) is 6.24. The summed E-state index contributed by atoms with van der Waals surface area (Å²) in [6.45, 7) is 0. The van der Waals surface area contributed by atoms with Gasteiger partial charge in [-0.2, -0.15) is 0 Å². The van der Waals surface area contributed by atoms with Crippen LogP contribution in [0.5, 0.6) is 0 Å². The molecule has 42 heavy (non-hydrogen) atoms. The van der Waals surface area contributed by atoms with Crippen molar-refractivity contribution in [3.8, 4) is 44.8 Å². The summed E-state index contributed by atoms with van der Waals surface area (Å²) in [6, 6.07) is 33.3. The van der Waals surface area contributed by atoms with Gasteiger partial charge in [0.2, 0.25) is 0 Å². The van der Waals surface area contributed by atoms with Crippen LogP contribution in [0.25, 0.3) is 66.6 Å². The maximum Gasteiger partial charge on any atom is 0.126 e. The summed E-state index contributed by atoms with van der Waals surface area (Å²) in [5.41, 5.74) is 5.85. The lowest BCUT2D eigenvalue weighted by atomic mass is 9.93. The molecule has 0 radical (unpaired) electrons. The molecule has 2 heterocycles. The van der Waals surface area contributed by atoms with Gasteiger partial charge in [-0.05, 0) is 70.8 Å². The van der Waals surface area contributed by atoms with Gasteiger partial charge < -0.3 is 0 Å². The molecule has 0 saturated carbocycles. The first-order chi connectivity index (χ1) is 20.4. The van der Waals surface area contributed by atoms with E-state index in [0.717, 1.165) is 39.8 Å². The van der Waals surface area contributed by atoms with Crippen molar-refractivity contribution < 1.29 is 17.6 Å². The van der Waals surface area contributed by atoms with E-state index in [9.17, 15) is 17.6 Å². The second kappa shape index (κ2) is 10.2. The highest BCUT2D eigenvalue weighted by Gasteiger charge is 2.18. The van der Waals surface area contributed by atoms with Crippen molar-refractivity contribution in [3.63, 3.8) is 0 Å². The molecular formula is C36H20F4N2. The van der Waals surface area contributed by atoms with Crippen molar-refractivity contribution in [2.45, 2.75) is 0 Å². The van der Waals surface area contributed by atoms with Crippen LogP contribution >= 0.6 is 0 Å². The van der Waals surface area contributed by atoms with E-state index in [4.69, 9.17) is 9.97 Å². The van der Waals surface area contributed by atoms with Gasteiger partial charge >= 0.3 is 0 Å². The molecule has 0 N–H and O–H groups in total. The van der Waals surface area contributed by atoms with Crippen molar-refractivity contribution in [1.82, 2.24) is 9.97 Å². The molecule has 6 heteroatoms. The summed E-state index contributed by atoms with van der Waals surface area (Å²) >= 11 is 0. The van der Waals surface area contributed by atoms with Crippen molar-refractivity contribution in [3.05, 3.63) is 145 Å². The van der Waals surface area contributed by atoms with Gasteiger partial charge in [0.1, 0.15) is 23.3 Å². The summed E-state index contributed by atoms with van der Waals surface area (Å²) in [7, 11) is 0. The highest BCUT2D eigenvalue weighted by molar-refractivity contribution is 6.15. The SMILES string of the molecule is Fc1cc(F)cc(-c2cc(-c3ccccc3)c3c(ccc4c(-c5ccccc5)cc(-c5cc(F)cc(F)c5)nc43)n2)c1. The van der Waals surface area contributed by atoms with Crippen LogP contribution in [0.15, 0.2) is 121 Å². The van der Waals surface area contributed by atoms with Crippen LogP contribution in [0.3, 0.4) is 0 Å². The molecule has 5 aromatic carbocycles. The molecular weight excluding hydrogens is 536 g/mol. The van der Waals surface area contributed by atoms with Gasteiger partial charge in [-0.3, -0.25) is 0 Å². The first-order valence-corrected chi connectivity index (χ1v) is 13.3. The van der Waals surface area contributed by atoms with Gasteiger partial charge in [0, 0.05) is 34.0 Å². The second-order valence-electron chi connectivity index (χ2n) is 10.0. The Morgan fingerprint density at radius 2 is 0.881 bits per heavy atom. The fraction of sp³-hybridized carbons (Fsp3) is 0. The van der Waals surface area contributed by atoms with E-state index in [-0.39, 0.29) is 0 Å². The van der Waals surface area contributed by atoms with Gasteiger partial charge in [0.25, 0.3) is 0 Å². The zero-order valence-corrected chi connectivity index (χ0v) is 22.0. The third-order valence-corrected chi connectivity index (χ3v) is 7.24. The summed E-state index contributed by atoms with van der Waals surface area (Å²) < 4.78 is 57.0. The Balaban J connectivity index is 1.61. The van der Waals surface area contributed by atoms with Crippen molar-refractivity contribution >= 4 is 21.8 Å². The Morgan fingerprint density at radius 3 is 1.43 bits per heavy atom. The van der Waals surface area contributed by atoms with Gasteiger partial charge in [-0.1, -0.05) is 60.7 Å². The summed E-state index contributed by atoms with van der Waals surface area (Å²) in [5.74, 6) is -2.81. The van der Waals surface area contributed by atoms with E-state index < -0.39 is 23.3 Å². The average molecular weight is 557 g/mol. The van der Waals surface area contributed by atoms with Crippen LogP contribution in [0.4, 0.5) is 17.6 Å². The first kappa shape index (κ1) is 25.6. The number of nitrogens with zero attached hydrogens (tertiary/aromatic N) is 2. The molecule has 7 aromatic rings. The molecule has 7 rings (SSSR count). The highest BCUT2D eigenvalue weighted by Crippen LogP contribution is 2.40. The Bertz CT molecular complexity index is 2090. The van der Waals surface area contributed by atoms with Crippen molar-refractivity contribution in [2.75, 3.05) is 0 Å². The fourth-order valence-electron chi connectivity index (χ4n) is 5.41. The third-order valence-electron chi connectivity index (χ3n) is 7.24. The zero-order valence-electron chi connectivity index (χ0n) is 22.0. The van der Waals surface area contributed by atoms with Gasteiger partial charge in [0.15, 0.2) is 0 Å². The molecule has 2 aromatic heterocycles. The topological polar surface area (TPSA) is 25.8 Å².